The molecule has 0 atom stereocenters. The lowest BCUT2D eigenvalue weighted by molar-refractivity contribution is 0.386. The predicted octanol–water partition coefficient (Wildman–Crippen LogP) is 3.18. The lowest BCUT2D eigenvalue weighted by atomic mass is 10.2. The predicted molar refractivity (Wildman–Crippen MR) is 78.5 cm³/mol. The second-order valence-corrected chi connectivity index (χ2v) is 4.77. The van der Waals surface area contributed by atoms with Gasteiger partial charge in [-0.3, -0.25) is 0 Å². The molecule has 0 fully saturated rings. The molecule has 0 unspecified atom stereocenters. The fourth-order valence-electron chi connectivity index (χ4n) is 2.16. The maximum Gasteiger partial charge on any atom is 0.165 e. The third kappa shape index (κ3) is 3.61. The Morgan fingerprint density at radius 1 is 1.30 bits per heavy atom. The van der Waals surface area contributed by atoms with E-state index in [1.54, 1.807) is 6.07 Å². The first-order chi connectivity index (χ1) is 9.74. The number of hydrogen-bond acceptors (Lipinski definition) is 2. The first kappa shape index (κ1) is 14.6. The van der Waals surface area contributed by atoms with E-state index in [9.17, 15) is 4.39 Å². The summed E-state index contributed by atoms with van der Waals surface area (Å²) in [5.74, 6) is -0.0334. The van der Waals surface area contributed by atoms with Crippen LogP contribution in [0.2, 0.25) is 0 Å². The van der Waals surface area contributed by atoms with Gasteiger partial charge in [0, 0.05) is 25.0 Å². The summed E-state index contributed by atoms with van der Waals surface area (Å²) in [6.45, 7) is 4.64. The van der Waals surface area contributed by atoms with Crippen LogP contribution in [0.15, 0.2) is 36.5 Å². The Balaban J connectivity index is 2.06. The molecule has 1 heterocycles. The second-order valence-electron chi connectivity index (χ2n) is 4.77. The number of aromatic nitrogens is 1. The van der Waals surface area contributed by atoms with Crippen molar-refractivity contribution < 1.29 is 9.13 Å². The molecule has 0 aliphatic heterocycles. The van der Waals surface area contributed by atoms with Crippen LogP contribution in [0.25, 0.3) is 0 Å². The molecule has 0 saturated heterocycles. The molecule has 2 aromatic rings. The lowest BCUT2D eigenvalue weighted by Crippen LogP contribution is -2.17. The van der Waals surface area contributed by atoms with Gasteiger partial charge in [0.05, 0.1) is 7.11 Å². The van der Waals surface area contributed by atoms with Crippen molar-refractivity contribution in [2.24, 2.45) is 0 Å². The van der Waals surface area contributed by atoms with Crippen LogP contribution < -0.4 is 10.1 Å². The van der Waals surface area contributed by atoms with Gasteiger partial charge < -0.3 is 14.6 Å². The van der Waals surface area contributed by atoms with Gasteiger partial charge in [-0.05, 0) is 42.8 Å². The summed E-state index contributed by atoms with van der Waals surface area (Å²) in [4.78, 5) is 0. The Bertz CT molecular complexity index is 551. The van der Waals surface area contributed by atoms with Gasteiger partial charge in [-0.2, -0.15) is 0 Å². The van der Waals surface area contributed by atoms with Gasteiger partial charge in [0.25, 0.3) is 0 Å². The molecule has 0 radical (unpaired) electrons. The van der Waals surface area contributed by atoms with Crippen LogP contribution in [0.5, 0.6) is 5.75 Å². The van der Waals surface area contributed by atoms with Gasteiger partial charge in [0.15, 0.2) is 11.6 Å². The molecule has 0 aliphatic rings. The Labute approximate surface area is 119 Å². The van der Waals surface area contributed by atoms with Crippen LogP contribution in [0, 0.1) is 5.82 Å². The van der Waals surface area contributed by atoms with Crippen molar-refractivity contribution in [3.8, 4) is 5.75 Å². The number of methoxy groups -OCH3 is 1. The molecule has 0 amide bonds. The van der Waals surface area contributed by atoms with E-state index in [4.69, 9.17) is 4.74 Å². The van der Waals surface area contributed by atoms with Crippen LogP contribution in [0.1, 0.15) is 24.6 Å². The van der Waals surface area contributed by atoms with E-state index in [0.717, 1.165) is 25.1 Å². The van der Waals surface area contributed by atoms with Crippen molar-refractivity contribution in [2.75, 3.05) is 13.7 Å². The number of nitrogens with zero attached hydrogens (tertiary/aromatic N) is 1. The zero-order chi connectivity index (χ0) is 14.4. The van der Waals surface area contributed by atoms with Gasteiger partial charge in [-0.25, -0.2) is 4.39 Å². The van der Waals surface area contributed by atoms with Gasteiger partial charge in [-0.15, -0.1) is 0 Å². The topological polar surface area (TPSA) is 26.2 Å². The molecule has 2 rings (SSSR count). The van der Waals surface area contributed by atoms with E-state index < -0.39 is 0 Å². The van der Waals surface area contributed by atoms with Gasteiger partial charge in [0.2, 0.25) is 0 Å². The van der Waals surface area contributed by atoms with Crippen LogP contribution in [-0.2, 0) is 13.1 Å². The zero-order valence-corrected chi connectivity index (χ0v) is 12.0. The standard InChI is InChI=1S/C16H21FN2O/c1-3-8-18-11-14-5-4-9-19(14)12-13-6-7-16(20-2)15(17)10-13/h4-7,9-10,18H,3,8,11-12H2,1-2H3. The summed E-state index contributed by atoms with van der Waals surface area (Å²) in [5.41, 5.74) is 2.13. The Kier molecular flexibility index (Phi) is 5.18. The minimum Gasteiger partial charge on any atom is -0.494 e. The molecule has 0 aliphatic carbocycles. The second kappa shape index (κ2) is 7.10. The van der Waals surface area contributed by atoms with Crippen LogP contribution in [-0.4, -0.2) is 18.2 Å². The highest BCUT2D eigenvalue weighted by atomic mass is 19.1. The van der Waals surface area contributed by atoms with Crippen molar-refractivity contribution in [3.63, 3.8) is 0 Å². The largest absolute Gasteiger partial charge is 0.494 e. The van der Waals surface area contributed by atoms with E-state index in [1.807, 2.05) is 18.3 Å². The van der Waals surface area contributed by atoms with E-state index in [-0.39, 0.29) is 11.6 Å². The van der Waals surface area contributed by atoms with Crippen molar-refractivity contribution >= 4 is 0 Å². The highest BCUT2D eigenvalue weighted by Crippen LogP contribution is 2.18. The summed E-state index contributed by atoms with van der Waals surface area (Å²) >= 11 is 0. The maximum absolute atomic E-state index is 13.7. The number of benzene rings is 1. The fourth-order valence-corrected chi connectivity index (χ4v) is 2.16. The molecule has 1 N–H and O–H groups in total. The molecule has 108 valence electrons. The van der Waals surface area contributed by atoms with Crippen LogP contribution in [0.4, 0.5) is 4.39 Å². The Morgan fingerprint density at radius 2 is 2.15 bits per heavy atom. The highest BCUT2D eigenvalue weighted by molar-refractivity contribution is 5.29. The summed E-state index contributed by atoms with van der Waals surface area (Å²) in [5, 5.41) is 3.38. The van der Waals surface area contributed by atoms with Crippen LogP contribution >= 0.6 is 0 Å². The smallest absolute Gasteiger partial charge is 0.165 e. The third-order valence-corrected chi connectivity index (χ3v) is 3.23. The molecular weight excluding hydrogens is 255 g/mol. The SMILES string of the molecule is CCCNCc1cccn1Cc1ccc(OC)c(F)c1. The van der Waals surface area contributed by atoms with Gasteiger partial charge >= 0.3 is 0 Å². The molecule has 20 heavy (non-hydrogen) atoms. The lowest BCUT2D eigenvalue weighted by Gasteiger charge is -2.11. The molecule has 0 spiro atoms. The van der Waals surface area contributed by atoms with E-state index in [1.165, 1.54) is 18.9 Å². The van der Waals surface area contributed by atoms with Crippen molar-refractivity contribution in [1.82, 2.24) is 9.88 Å². The number of ether oxygens (including phenoxy) is 1. The number of rotatable bonds is 7. The quantitative estimate of drug-likeness (QED) is 0.786. The van der Waals surface area contributed by atoms with E-state index >= 15 is 0 Å². The molecule has 1 aromatic carbocycles. The first-order valence-corrected chi connectivity index (χ1v) is 6.91. The van der Waals surface area contributed by atoms with Crippen molar-refractivity contribution in [2.45, 2.75) is 26.4 Å². The minimum absolute atomic E-state index is 0.283. The summed E-state index contributed by atoms with van der Waals surface area (Å²) in [6.07, 6.45) is 3.13. The van der Waals surface area contributed by atoms with Crippen LogP contribution in [0.3, 0.4) is 0 Å². The number of nitrogens with one attached hydrogen (secondary N) is 1. The molecule has 4 heteroatoms. The fraction of sp³-hybridized carbons (Fsp3) is 0.375. The Morgan fingerprint density at radius 3 is 2.85 bits per heavy atom. The summed E-state index contributed by atoms with van der Waals surface area (Å²) in [6, 6.07) is 9.20. The normalized spacial score (nSPS) is 10.8. The molecule has 1 aromatic heterocycles. The number of halogens is 1. The summed E-state index contributed by atoms with van der Waals surface area (Å²) in [7, 11) is 1.47. The monoisotopic (exact) mass is 276 g/mol. The first-order valence-electron chi connectivity index (χ1n) is 6.91. The Hall–Kier alpha value is -1.81. The highest BCUT2D eigenvalue weighted by Gasteiger charge is 2.06. The molecular formula is C16H21FN2O. The van der Waals surface area contributed by atoms with E-state index in [2.05, 4.69) is 22.9 Å². The zero-order valence-electron chi connectivity index (χ0n) is 12.0. The van der Waals surface area contributed by atoms with Crippen molar-refractivity contribution in [3.05, 3.63) is 53.6 Å². The third-order valence-electron chi connectivity index (χ3n) is 3.23. The van der Waals surface area contributed by atoms with Crippen molar-refractivity contribution in [1.29, 1.82) is 0 Å². The average Bonchev–Trinajstić information content (AvgIpc) is 2.87. The van der Waals surface area contributed by atoms with E-state index in [0.29, 0.717) is 6.54 Å². The molecule has 0 bridgehead atoms. The molecule has 3 nitrogen and oxygen atoms in total. The van der Waals surface area contributed by atoms with Gasteiger partial charge in [-0.1, -0.05) is 13.0 Å². The average molecular weight is 276 g/mol. The summed E-state index contributed by atoms with van der Waals surface area (Å²) < 4.78 is 20.7. The molecule has 0 saturated carbocycles. The number of hydrogen-bond donors (Lipinski definition) is 1. The van der Waals surface area contributed by atoms with Gasteiger partial charge in [0.1, 0.15) is 0 Å². The minimum atomic E-state index is -0.317. The maximum atomic E-state index is 13.7.